The zero-order chi connectivity index (χ0) is 16.2. The van der Waals surface area contributed by atoms with E-state index in [-0.39, 0.29) is 5.56 Å². The van der Waals surface area contributed by atoms with Crippen LogP contribution in [0.25, 0.3) is 0 Å². The summed E-state index contributed by atoms with van der Waals surface area (Å²) in [5, 5.41) is 3.08. The summed E-state index contributed by atoms with van der Waals surface area (Å²) < 4.78 is 7.47. The predicted molar refractivity (Wildman–Crippen MR) is 93.0 cm³/mol. The van der Waals surface area contributed by atoms with Gasteiger partial charge in [-0.1, -0.05) is 12.1 Å². The second kappa shape index (κ2) is 7.25. The molecule has 7 heteroatoms. The van der Waals surface area contributed by atoms with E-state index in [1.165, 1.54) is 10.1 Å². The van der Waals surface area contributed by atoms with Crippen LogP contribution in [0.1, 0.15) is 5.56 Å². The molecular formula is C16H19BrN4O2. The van der Waals surface area contributed by atoms with E-state index in [1.807, 2.05) is 12.1 Å². The number of morpholine rings is 1. The molecule has 0 aliphatic carbocycles. The van der Waals surface area contributed by atoms with Crippen LogP contribution < -0.4 is 10.9 Å². The van der Waals surface area contributed by atoms with Gasteiger partial charge in [0, 0.05) is 38.6 Å². The lowest BCUT2D eigenvalue weighted by Crippen LogP contribution is -2.35. The van der Waals surface area contributed by atoms with Gasteiger partial charge >= 0.3 is 0 Å². The molecule has 2 aromatic rings. The monoisotopic (exact) mass is 378 g/mol. The molecule has 0 bridgehead atoms. The maximum atomic E-state index is 12.1. The van der Waals surface area contributed by atoms with E-state index in [1.54, 1.807) is 13.2 Å². The summed E-state index contributed by atoms with van der Waals surface area (Å²) >= 11 is 3.30. The van der Waals surface area contributed by atoms with E-state index < -0.39 is 0 Å². The smallest absolute Gasteiger partial charge is 0.293 e. The van der Waals surface area contributed by atoms with Gasteiger partial charge in [0.15, 0.2) is 5.82 Å². The van der Waals surface area contributed by atoms with Gasteiger partial charge in [0.05, 0.1) is 13.2 Å². The fourth-order valence-corrected chi connectivity index (χ4v) is 2.98. The van der Waals surface area contributed by atoms with E-state index in [4.69, 9.17) is 4.74 Å². The highest BCUT2D eigenvalue weighted by molar-refractivity contribution is 9.10. The molecule has 0 radical (unpaired) electrons. The van der Waals surface area contributed by atoms with Crippen molar-refractivity contribution in [2.24, 2.45) is 7.05 Å². The Morgan fingerprint density at radius 1 is 1.26 bits per heavy atom. The molecule has 1 aliphatic heterocycles. The Morgan fingerprint density at radius 2 is 1.96 bits per heavy atom. The average Bonchev–Trinajstić information content (AvgIpc) is 2.55. The third kappa shape index (κ3) is 4.19. The van der Waals surface area contributed by atoms with Crippen LogP contribution in [0, 0.1) is 0 Å². The standard InChI is InChI=1S/C16H19BrN4O2/c1-20-11-14(17)19-15(16(20)22)18-13-4-2-12(3-5-13)10-21-6-8-23-9-7-21/h2-5,11H,6-10H2,1H3,(H,18,19). The van der Waals surface area contributed by atoms with E-state index in [0.717, 1.165) is 38.5 Å². The first kappa shape index (κ1) is 16.2. The molecule has 1 aromatic heterocycles. The lowest BCUT2D eigenvalue weighted by molar-refractivity contribution is 0.0342. The van der Waals surface area contributed by atoms with Crippen LogP contribution in [-0.4, -0.2) is 40.8 Å². The van der Waals surface area contributed by atoms with Crippen LogP contribution in [0.2, 0.25) is 0 Å². The summed E-state index contributed by atoms with van der Waals surface area (Å²) in [7, 11) is 1.70. The number of ether oxygens (including phenoxy) is 1. The summed E-state index contributed by atoms with van der Waals surface area (Å²) in [5.74, 6) is 0.308. The summed E-state index contributed by atoms with van der Waals surface area (Å²) in [6.07, 6.45) is 1.64. The molecule has 0 spiro atoms. The van der Waals surface area contributed by atoms with Gasteiger partial charge in [-0.3, -0.25) is 9.69 Å². The fraction of sp³-hybridized carbons (Fsp3) is 0.375. The minimum absolute atomic E-state index is 0.161. The zero-order valence-corrected chi connectivity index (χ0v) is 14.5. The molecular weight excluding hydrogens is 360 g/mol. The molecule has 122 valence electrons. The summed E-state index contributed by atoms with van der Waals surface area (Å²) in [4.78, 5) is 18.6. The quantitative estimate of drug-likeness (QED) is 0.882. The van der Waals surface area contributed by atoms with Gasteiger partial charge in [-0.2, -0.15) is 0 Å². The van der Waals surface area contributed by atoms with Crippen LogP contribution in [0.15, 0.2) is 39.9 Å². The number of hydrogen-bond donors (Lipinski definition) is 1. The Balaban J connectivity index is 1.69. The van der Waals surface area contributed by atoms with E-state index in [9.17, 15) is 4.79 Å². The van der Waals surface area contributed by atoms with Crippen LogP contribution in [-0.2, 0) is 18.3 Å². The molecule has 6 nitrogen and oxygen atoms in total. The number of rotatable bonds is 4. The number of nitrogens with zero attached hydrogens (tertiary/aromatic N) is 3. The molecule has 1 saturated heterocycles. The third-order valence-electron chi connectivity index (χ3n) is 3.77. The molecule has 0 atom stereocenters. The van der Waals surface area contributed by atoms with Crippen molar-refractivity contribution >= 4 is 27.4 Å². The first-order valence-corrected chi connectivity index (χ1v) is 8.30. The Hall–Kier alpha value is -1.70. The topological polar surface area (TPSA) is 59.4 Å². The lowest BCUT2D eigenvalue weighted by Gasteiger charge is -2.26. The molecule has 3 rings (SSSR count). The Bertz CT molecular complexity index is 724. The highest BCUT2D eigenvalue weighted by Crippen LogP contribution is 2.16. The van der Waals surface area contributed by atoms with Gasteiger partial charge in [-0.05, 0) is 33.6 Å². The van der Waals surface area contributed by atoms with E-state index in [0.29, 0.717) is 10.4 Å². The summed E-state index contributed by atoms with van der Waals surface area (Å²) in [5.41, 5.74) is 1.93. The number of aryl methyl sites for hydroxylation is 1. The Kier molecular flexibility index (Phi) is 5.09. The highest BCUT2D eigenvalue weighted by Gasteiger charge is 2.11. The molecule has 1 fully saturated rings. The number of anilines is 2. The minimum atomic E-state index is -0.161. The van der Waals surface area contributed by atoms with Crippen molar-refractivity contribution in [2.45, 2.75) is 6.54 Å². The Labute approximate surface area is 143 Å². The number of aromatic nitrogens is 2. The predicted octanol–water partition coefficient (Wildman–Crippen LogP) is 2.12. The van der Waals surface area contributed by atoms with Crippen LogP contribution >= 0.6 is 15.9 Å². The first-order chi connectivity index (χ1) is 11.1. The molecule has 1 aromatic carbocycles. The molecule has 1 aliphatic rings. The average molecular weight is 379 g/mol. The second-order valence-electron chi connectivity index (χ2n) is 5.54. The van der Waals surface area contributed by atoms with Gasteiger partial charge in [0.1, 0.15) is 4.60 Å². The summed E-state index contributed by atoms with van der Waals surface area (Å²) in [6, 6.07) is 8.08. The van der Waals surface area contributed by atoms with Crippen molar-refractivity contribution < 1.29 is 4.74 Å². The van der Waals surface area contributed by atoms with Gasteiger partial charge < -0.3 is 14.6 Å². The molecule has 0 unspecified atom stereocenters. The maximum Gasteiger partial charge on any atom is 0.293 e. The zero-order valence-electron chi connectivity index (χ0n) is 13.0. The SMILES string of the molecule is Cn1cc(Br)nc(Nc2ccc(CN3CCOCC3)cc2)c1=O. The molecule has 0 amide bonds. The van der Waals surface area contributed by atoms with Crippen LogP contribution in [0.3, 0.4) is 0 Å². The molecule has 0 saturated carbocycles. The highest BCUT2D eigenvalue weighted by atomic mass is 79.9. The first-order valence-electron chi connectivity index (χ1n) is 7.51. The van der Waals surface area contributed by atoms with Crippen molar-refractivity contribution in [1.29, 1.82) is 0 Å². The van der Waals surface area contributed by atoms with Gasteiger partial charge in [-0.15, -0.1) is 0 Å². The summed E-state index contributed by atoms with van der Waals surface area (Å²) in [6.45, 7) is 4.46. The minimum Gasteiger partial charge on any atom is -0.379 e. The van der Waals surface area contributed by atoms with Gasteiger partial charge in [0.25, 0.3) is 5.56 Å². The van der Waals surface area contributed by atoms with Crippen molar-refractivity contribution in [3.8, 4) is 0 Å². The van der Waals surface area contributed by atoms with Crippen molar-refractivity contribution in [2.75, 3.05) is 31.6 Å². The van der Waals surface area contributed by atoms with Gasteiger partial charge in [0.2, 0.25) is 0 Å². The van der Waals surface area contributed by atoms with Crippen molar-refractivity contribution in [3.63, 3.8) is 0 Å². The maximum absolute atomic E-state index is 12.1. The molecule has 2 heterocycles. The molecule has 1 N–H and O–H groups in total. The number of benzene rings is 1. The fourth-order valence-electron chi connectivity index (χ4n) is 2.50. The third-order valence-corrected chi connectivity index (χ3v) is 4.15. The van der Waals surface area contributed by atoms with Gasteiger partial charge in [-0.25, -0.2) is 4.98 Å². The van der Waals surface area contributed by atoms with Crippen LogP contribution in [0.4, 0.5) is 11.5 Å². The number of hydrogen-bond acceptors (Lipinski definition) is 5. The largest absolute Gasteiger partial charge is 0.379 e. The number of nitrogens with one attached hydrogen (secondary N) is 1. The van der Waals surface area contributed by atoms with E-state index in [2.05, 4.69) is 43.3 Å². The molecule has 23 heavy (non-hydrogen) atoms. The lowest BCUT2D eigenvalue weighted by atomic mass is 10.2. The number of halogens is 1. The second-order valence-corrected chi connectivity index (χ2v) is 6.35. The van der Waals surface area contributed by atoms with Crippen molar-refractivity contribution in [3.05, 3.63) is 51.0 Å². The Morgan fingerprint density at radius 3 is 2.65 bits per heavy atom. The normalized spacial score (nSPS) is 15.6. The van der Waals surface area contributed by atoms with Crippen molar-refractivity contribution in [1.82, 2.24) is 14.5 Å². The van der Waals surface area contributed by atoms with Crippen LogP contribution in [0.5, 0.6) is 0 Å². The van der Waals surface area contributed by atoms with E-state index >= 15 is 0 Å².